The van der Waals surface area contributed by atoms with Gasteiger partial charge >= 0.3 is 0 Å². The number of nitrogens with one attached hydrogen (secondary N) is 1. The molecule has 240 valence electrons. The van der Waals surface area contributed by atoms with Gasteiger partial charge in [0.2, 0.25) is 6.54 Å². The molecule has 4 aliphatic rings. The van der Waals surface area contributed by atoms with Gasteiger partial charge in [-0.15, -0.1) is 23.1 Å². The van der Waals surface area contributed by atoms with Crippen LogP contribution in [0.1, 0.15) is 37.8 Å². The maximum absolute atomic E-state index is 13.4. The molecule has 0 aromatic carbocycles. The number of primary amides is 1. The molecular weight excluding hydrogens is 637 g/mol. The molecule has 2 atom stereocenters. The van der Waals surface area contributed by atoms with Crippen LogP contribution in [0.15, 0.2) is 58.0 Å². The third-order valence-electron chi connectivity index (χ3n) is 8.02. The zero-order valence-electron chi connectivity index (χ0n) is 24.4. The van der Waals surface area contributed by atoms with Crippen molar-refractivity contribution in [2.75, 3.05) is 22.9 Å². The molecule has 6 rings (SSSR count). The second-order valence-electron chi connectivity index (χ2n) is 11.1. The van der Waals surface area contributed by atoms with E-state index in [1.807, 2.05) is 0 Å². The highest BCUT2D eigenvalue weighted by Crippen LogP contribution is 2.41. The van der Waals surface area contributed by atoms with E-state index in [2.05, 4.69) is 15.5 Å². The van der Waals surface area contributed by atoms with Gasteiger partial charge in [0.1, 0.15) is 28.9 Å². The third kappa shape index (κ3) is 6.19. The summed E-state index contributed by atoms with van der Waals surface area (Å²) in [5.74, 6) is -3.62. The van der Waals surface area contributed by atoms with Crippen LogP contribution in [0.2, 0.25) is 0 Å². The lowest BCUT2D eigenvalue weighted by atomic mass is 10.0. The first-order valence-electron chi connectivity index (χ1n) is 14.6. The predicted octanol–water partition coefficient (Wildman–Crippen LogP) is -1.07. The second-order valence-corrected chi connectivity index (χ2v) is 13.1. The van der Waals surface area contributed by atoms with Crippen LogP contribution in [0.5, 0.6) is 0 Å². The minimum absolute atomic E-state index is 0.0496. The van der Waals surface area contributed by atoms with E-state index >= 15 is 0 Å². The molecule has 0 spiro atoms. The minimum Gasteiger partial charge on any atom is -0.543 e. The molecule has 15 nitrogen and oxygen atoms in total. The molecular formula is C29H30N8O7S2. The summed E-state index contributed by atoms with van der Waals surface area (Å²) in [6.45, 7) is 0.288. The van der Waals surface area contributed by atoms with E-state index in [4.69, 9.17) is 16.3 Å². The number of nitrogen functional groups attached to an aromatic ring is 1. The Morgan fingerprint density at radius 1 is 1.26 bits per heavy atom. The van der Waals surface area contributed by atoms with Crippen molar-refractivity contribution in [2.45, 2.75) is 56.2 Å². The number of hydrogen-bond donors (Lipinski definition) is 3. The van der Waals surface area contributed by atoms with Gasteiger partial charge in [-0.3, -0.25) is 24.1 Å². The van der Waals surface area contributed by atoms with Crippen LogP contribution >= 0.6 is 23.1 Å². The Bertz CT molecular complexity index is 1710. The standard InChI is InChI=1S/C29H30N8O7S2/c30-20(38)12-35-8-3-4-17(11-35)36-9-7-15(25(36)40)10-16-13-45-27-22(26(41)37(27)23(16)28(42)43)33-24(39)21(19-14-46-29(31)32-19)34-44-18-5-1-2-6-18/h3-4,8,10-11,14,18,22,27H,1-2,5-7,9,12-13H2,(H5-,30,31,32,33,38,39,42,43)/b15-10?,34-21-/t22-,27-/m1/s1. The number of hydrogen-bond acceptors (Lipinski definition) is 12. The number of fused-ring (bicyclic) bond motifs is 1. The molecule has 0 unspecified atom stereocenters. The maximum atomic E-state index is 13.4. The summed E-state index contributed by atoms with van der Waals surface area (Å²) in [5.41, 5.74) is 12.0. The van der Waals surface area contributed by atoms with Crippen LogP contribution in [-0.4, -0.2) is 75.0 Å². The summed E-state index contributed by atoms with van der Waals surface area (Å²) >= 11 is 2.38. The van der Waals surface area contributed by atoms with E-state index in [1.165, 1.54) is 22.7 Å². The van der Waals surface area contributed by atoms with Gasteiger partial charge in [0.15, 0.2) is 23.2 Å². The largest absolute Gasteiger partial charge is 0.543 e. The molecule has 2 saturated heterocycles. The zero-order chi connectivity index (χ0) is 32.5. The molecule has 3 aliphatic heterocycles. The van der Waals surface area contributed by atoms with E-state index in [1.54, 1.807) is 34.5 Å². The highest BCUT2D eigenvalue weighted by atomic mass is 32.2. The number of carbonyl (C=O) groups excluding carboxylic acids is 5. The first kappa shape index (κ1) is 31.2. The Morgan fingerprint density at radius 2 is 2.04 bits per heavy atom. The molecule has 1 saturated carbocycles. The Kier molecular flexibility index (Phi) is 8.77. The first-order valence-corrected chi connectivity index (χ1v) is 16.5. The van der Waals surface area contributed by atoms with Crippen LogP contribution in [0.4, 0.5) is 10.8 Å². The number of thiazole rings is 1. The number of carboxylic acid groups (broad SMARTS) is 1. The lowest BCUT2D eigenvalue weighted by Gasteiger charge is -2.50. The van der Waals surface area contributed by atoms with Gasteiger partial charge < -0.3 is 36.4 Å². The topological polar surface area (TPSA) is 217 Å². The second kappa shape index (κ2) is 12.9. The molecule has 5 N–H and O–H groups in total. The molecule has 17 heteroatoms. The molecule has 46 heavy (non-hydrogen) atoms. The molecule has 4 amide bonds. The number of oxime groups is 1. The Hall–Kier alpha value is -4.77. The van der Waals surface area contributed by atoms with Crippen molar-refractivity contribution < 1.29 is 38.5 Å². The van der Waals surface area contributed by atoms with Crippen molar-refractivity contribution in [2.24, 2.45) is 10.9 Å². The van der Waals surface area contributed by atoms with Crippen LogP contribution in [0.25, 0.3) is 0 Å². The van der Waals surface area contributed by atoms with Crippen molar-refractivity contribution in [1.29, 1.82) is 0 Å². The molecule has 5 heterocycles. The number of allylic oxidation sites excluding steroid dienone is 1. The quantitative estimate of drug-likeness (QED) is 0.0917. The van der Waals surface area contributed by atoms with Crippen molar-refractivity contribution in [3.63, 3.8) is 0 Å². The number of nitrogens with two attached hydrogens (primary N) is 2. The summed E-state index contributed by atoms with van der Waals surface area (Å²) < 4.78 is 1.57. The number of aliphatic carboxylic acids is 1. The monoisotopic (exact) mass is 666 g/mol. The fourth-order valence-electron chi connectivity index (χ4n) is 5.83. The van der Waals surface area contributed by atoms with E-state index in [9.17, 15) is 29.1 Å². The fraction of sp³-hybridized carbons (Fsp3) is 0.379. The fourth-order valence-corrected chi connectivity index (χ4v) is 7.68. The zero-order valence-corrected chi connectivity index (χ0v) is 26.1. The number of nitrogens with zero attached hydrogens (tertiary/aromatic N) is 5. The minimum atomic E-state index is -1.57. The maximum Gasteiger partial charge on any atom is 0.283 e. The van der Waals surface area contributed by atoms with Gasteiger partial charge in [0, 0.05) is 29.3 Å². The number of carbonyl (C=O) groups is 5. The Morgan fingerprint density at radius 3 is 2.74 bits per heavy atom. The first-order chi connectivity index (χ1) is 22.1. The lowest BCUT2D eigenvalue weighted by molar-refractivity contribution is -0.683. The average Bonchev–Trinajstić information content (AvgIpc) is 3.78. The van der Waals surface area contributed by atoms with E-state index in [0.29, 0.717) is 24.2 Å². The van der Waals surface area contributed by atoms with Crippen molar-refractivity contribution >= 4 is 69.2 Å². The van der Waals surface area contributed by atoms with Gasteiger partial charge in [-0.2, -0.15) is 4.57 Å². The number of aromatic nitrogens is 2. The Labute approximate surface area is 270 Å². The van der Waals surface area contributed by atoms with Crippen LogP contribution < -0.4 is 31.4 Å². The number of thioether (sulfide) groups is 1. The van der Waals surface area contributed by atoms with Crippen molar-refractivity contribution in [3.05, 3.63) is 58.5 Å². The predicted molar refractivity (Wildman–Crippen MR) is 164 cm³/mol. The summed E-state index contributed by atoms with van der Waals surface area (Å²) in [6, 6.07) is 2.37. The average molecular weight is 667 g/mol. The van der Waals surface area contributed by atoms with Crippen LogP contribution in [-0.2, 0) is 35.4 Å². The molecule has 0 radical (unpaired) electrons. The van der Waals surface area contributed by atoms with Gasteiger partial charge in [-0.05, 0) is 49.8 Å². The number of anilines is 2. The highest BCUT2D eigenvalue weighted by Gasteiger charge is 2.53. The Balaban J connectivity index is 1.18. The van der Waals surface area contributed by atoms with Crippen molar-refractivity contribution in [3.8, 4) is 0 Å². The summed E-state index contributed by atoms with van der Waals surface area (Å²) in [5, 5.41) is 20.1. The van der Waals surface area contributed by atoms with E-state index < -0.39 is 35.1 Å². The molecule has 2 aromatic heterocycles. The molecule has 1 aliphatic carbocycles. The molecule has 2 aromatic rings. The number of β-lactam (4-membered cyclic amide) rings is 1. The number of amides is 4. The summed E-state index contributed by atoms with van der Waals surface area (Å²) in [7, 11) is 0. The number of pyridine rings is 1. The number of carboxylic acids is 1. The lowest BCUT2D eigenvalue weighted by Crippen LogP contribution is -2.71. The molecule has 0 bridgehead atoms. The normalized spacial score (nSPS) is 22.7. The van der Waals surface area contributed by atoms with Crippen LogP contribution in [0.3, 0.4) is 0 Å². The van der Waals surface area contributed by atoms with Gasteiger partial charge in [0.25, 0.3) is 23.6 Å². The van der Waals surface area contributed by atoms with Gasteiger partial charge in [-0.1, -0.05) is 5.16 Å². The SMILES string of the molecule is NC(=O)C[n+]1cccc(N2CCC(=CC3=C(C(=O)[O-])N4C(=O)[C@@H](NC(=O)/C(=N\OC5CCCC5)c5csc(N)n5)[C@H]4SC3)C2=O)c1. The molecule has 3 fully saturated rings. The highest BCUT2D eigenvalue weighted by molar-refractivity contribution is 8.00. The van der Waals surface area contributed by atoms with Crippen molar-refractivity contribution in [1.82, 2.24) is 15.2 Å². The van der Waals surface area contributed by atoms with Crippen LogP contribution in [0, 0.1) is 0 Å². The van der Waals surface area contributed by atoms with Gasteiger partial charge in [0.05, 0.1) is 11.7 Å². The summed E-state index contributed by atoms with van der Waals surface area (Å²) in [6.07, 6.45) is 8.63. The van der Waals surface area contributed by atoms with Gasteiger partial charge in [-0.25, -0.2) is 4.98 Å². The van der Waals surface area contributed by atoms with E-state index in [-0.39, 0.29) is 52.1 Å². The smallest absolute Gasteiger partial charge is 0.283 e. The number of rotatable bonds is 10. The van der Waals surface area contributed by atoms with E-state index in [0.717, 1.165) is 41.9 Å². The summed E-state index contributed by atoms with van der Waals surface area (Å²) in [4.78, 5) is 76.0. The third-order valence-corrected chi connectivity index (χ3v) is 9.99.